The fraction of sp³-hybridized carbons (Fsp3) is 0.929. The number of rotatable bonds is 9. The largest absolute Gasteiger partial charge is 0.381 e. The summed E-state index contributed by atoms with van der Waals surface area (Å²) in [6.45, 7) is 7.54. The van der Waals surface area contributed by atoms with Crippen LogP contribution in [-0.4, -0.2) is 44.4 Å². The number of nitrogens with two attached hydrogens (primary N) is 1. The van der Waals surface area contributed by atoms with Gasteiger partial charge in [-0.05, 0) is 26.2 Å². The van der Waals surface area contributed by atoms with Crippen LogP contribution < -0.4 is 11.1 Å². The number of hydrogen-bond acceptors (Lipinski definition) is 4. The van der Waals surface area contributed by atoms with E-state index in [1.807, 2.05) is 6.92 Å². The molecule has 0 aromatic rings. The molecule has 0 radical (unpaired) electrons. The van der Waals surface area contributed by atoms with Gasteiger partial charge in [0.25, 0.3) is 0 Å². The van der Waals surface area contributed by atoms with Crippen molar-refractivity contribution in [3.05, 3.63) is 0 Å². The van der Waals surface area contributed by atoms with E-state index in [1.54, 1.807) is 6.92 Å². The highest BCUT2D eigenvalue weighted by molar-refractivity contribution is 5.85. The summed E-state index contributed by atoms with van der Waals surface area (Å²) in [5.41, 5.74) is 5.18. The van der Waals surface area contributed by atoms with Crippen LogP contribution in [0.1, 0.15) is 39.5 Å². The number of carbonyl (C=O) groups excluding carboxylic acids is 1. The number of hydrogen-bond donors (Lipinski definition) is 2. The lowest BCUT2D eigenvalue weighted by Gasteiger charge is -2.22. The SMILES string of the molecule is CCCC(C)(N)C(=O)NCCCOCC1CCOC1.Cl. The molecule has 1 amide bonds. The van der Waals surface area contributed by atoms with Gasteiger partial charge in [-0.3, -0.25) is 4.79 Å². The van der Waals surface area contributed by atoms with Crippen LogP contribution in [-0.2, 0) is 14.3 Å². The summed E-state index contributed by atoms with van der Waals surface area (Å²) >= 11 is 0. The van der Waals surface area contributed by atoms with Crippen LogP contribution in [0.15, 0.2) is 0 Å². The van der Waals surface area contributed by atoms with Crippen LogP contribution >= 0.6 is 12.4 Å². The van der Waals surface area contributed by atoms with E-state index in [9.17, 15) is 4.79 Å². The van der Waals surface area contributed by atoms with E-state index in [2.05, 4.69) is 5.32 Å². The van der Waals surface area contributed by atoms with Crippen molar-refractivity contribution in [3.63, 3.8) is 0 Å². The Hall–Kier alpha value is -0.360. The minimum atomic E-state index is -0.753. The van der Waals surface area contributed by atoms with Gasteiger partial charge in [0.15, 0.2) is 0 Å². The molecule has 1 heterocycles. The third-order valence-corrected chi connectivity index (χ3v) is 3.42. The monoisotopic (exact) mass is 308 g/mol. The summed E-state index contributed by atoms with van der Waals surface area (Å²) in [6, 6.07) is 0. The highest BCUT2D eigenvalue weighted by Crippen LogP contribution is 2.12. The Morgan fingerprint density at radius 3 is 2.90 bits per heavy atom. The maximum atomic E-state index is 11.8. The number of carbonyl (C=O) groups is 1. The molecule has 5 nitrogen and oxygen atoms in total. The van der Waals surface area contributed by atoms with Gasteiger partial charge in [-0.2, -0.15) is 0 Å². The van der Waals surface area contributed by atoms with Gasteiger partial charge < -0.3 is 20.5 Å². The first kappa shape index (κ1) is 19.6. The molecule has 0 spiro atoms. The van der Waals surface area contributed by atoms with Gasteiger partial charge >= 0.3 is 0 Å². The fourth-order valence-corrected chi connectivity index (χ4v) is 2.18. The van der Waals surface area contributed by atoms with Crippen LogP contribution in [0.2, 0.25) is 0 Å². The minimum Gasteiger partial charge on any atom is -0.381 e. The normalized spacial score (nSPS) is 21.1. The summed E-state index contributed by atoms with van der Waals surface area (Å²) in [5, 5.41) is 2.87. The summed E-state index contributed by atoms with van der Waals surface area (Å²) in [5.74, 6) is 0.477. The van der Waals surface area contributed by atoms with Crippen molar-refractivity contribution in [2.45, 2.75) is 45.1 Å². The van der Waals surface area contributed by atoms with Crippen molar-refractivity contribution < 1.29 is 14.3 Å². The molecule has 0 saturated carbocycles. The van der Waals surface area contributed by atoms with Crippen molar-refractivity contribution in [3.8, 4) is 0 Å². The van der Waals surface area contributed by atoms with Crippen molar-refractivity contribution in [1.29, 1.82) is 0 Å². The Labute approximate surface area is 128 Å². The standard InChI is InChI=1S/C14H28N2O3.ClH/c1-3-6-14(2,15)13(17)16-7-4-8-18-10-12-5-9-19-11-12;/h12H,3-11,15H2,1-2H3,(H,16,17);1H. The lowest BCUT2D eigenvalue weighted by molar-refractivity contribution is -0.126. The quantitative estimate of drug-likeness (QED) is 0.633. The lowest BCUT2D eigenvalue weighted by atomic mass is 9.96. The number of ether oxygens (including phenoxy) is 2. The molecule has 20 heavy (non-hydrogen) atoms. The molecule has 3 N–H and O–H groups in total. The van der Waals surface area contributed by atoms with Crippen molar-refractivity contribution in [2.24, 2.45) is 11.7 Å². The van der Waals surface area contributed by atoms with E-state index in [4.69, 9.17) is 15.2 Å². The first-order valence-electron chi connectivity index (χ1n) is 7.29. The van der Waals surface area contributed by atoms with E-state index in [0.717, 1.165) is 39.1 Å². The molecule has 1 saturated heterocycles. The van der Waals surface area contributed by atoms with Gasteiger partial charge in [0.1, 0.15) is 0 Å². The number of halogens is 1. The summed E-state index contributed by atoms with van der Waals surface area (Å²) in [7, 11) is 0. The minimum absolute atomic E-state index is 0. The third kappa shape index (κ3) is 7.43. The Morgan fingerprint density at radius 2 is 2.30 bits per heavy atom. The molecule has 0 aliphatic carbocycles. The van der Waals surface area contributed by atoms with Gasteiger partial charge in [0.2, 0.25) is 5.91 Å². The second-order valence-corrected chi connectivity index (χ2v) is 5.58. The molecular weight excluding hydrogens is 280 g/mol. The predicted octanol–water partition coefficient (Wildman–Crippen LogP) is 1.49. The highest BCUT2D eigenvalue weighted by Gasteiger charge is 2.26. The molecule has 2 unspecified atom stereocenters. The van der Waals surface area contributed by atoms with Crippen molar-refractivity contribution in [2.75, 3.05) is 33.0 Å². The van der Waals surface area contributed by atoms with Gasteiger partial charge in [-0.1, -0.05) is 13.3 Å². The Bertz CT molecular complexity index is 269. The molecule has 6 heteroatoms. The zero-order valence-corrected chi connectivity index (χ0v) is 13.5. The average Bonchev–Trinajstić information content (AvgIpc) is 2.86. The third-order valence-electron chi connectivity index (χ3n) is 3.42. The van der Waals surface area contributed by atoms with E-state index >= 15 is 0 Å². The van der Waals surface area contributed by atoms with Gasteiger partial charge in [0.05, 0.1) is 18.8 Å². The topological polar surface area (TPSA) is 73.6 Å². The maximum Gasteiger partial charge on any atom is 0.239 e. The zero-order chi connectivity index (χ0) is 14.1. The molecule has 120 valence electrons. The van der Waals surface area contributed by atoms with E-state index in [-0.39, 0.29) is 18.3 Å². The Morgan fingerprint density at radius 1 is 1.55 bits per heavy atom. The maximum absolute atomic E-state index is 11.8. The molecule has 1 aliphatic rings. The van der Waals surface area contributed by atoms with Gasteiger partial charge in [-0.15, -0.1) is 12.4 Å². The summed E-state index contributed by atoms with van der Waals surface area (Å²) in [4.78, 5) is 11.8. The van der Waals surface area contributed by atoms with Crippen LogP contribution in [0.25, 0.3) is 0 Å². The fourth-order valence-electron chi connectivity index (χ4n) is 2.18. The lowest BCUT2D eigenvalue weighted by Crippen LogP contribution is -2.51. The van der Waals surface area contributed by atoms with Gasteiger partial charge in [0, 0.05) is 25.7 Å². The molecular formula is C14H29ClN2O3. The van der Waals surface area contributed by atoms with E-state index < -0.39 is 5.54 Å². The van der Waals surface area contributed by atoms with Crippen molar-refractivity contribution in [1.82, 2.24) is 5.32 Å². The molecule has 0 bridgehead atoms. The van der Waals surface area contributed by atoms with E-state index in [0.29, 0.717) is 25.5 Å². The Balaban J connectivity index is 0.00000361. The predicted molar refractivity (Wildman–Crippen MR) is 82.1 cm³/mol. The highest BCUT2D eigenvalue weighted by atomic mass is 35.5. The molecule has 0 aromatic carbocycles. The van der Waals surface area contributed by atoms with Crippen LogP contribution in [0.4, 0.5) is 0 Å². The van der Waals surface area contributed by atoms with Crippen molar-refractivity contribution >= 4 is 18.3 Å². The van der Waals surface area contributed by atoms with Crippen LogP contribution in [0.3, 0.4) is 0 Å². The smallest absolute Gasteiger partial charge is 0.239 e. The Kier molecular flexibility index (Phi) is 10.2. The number of amides is 1. The summed E-state index contributed by atoms with van der Waals surface area (Å²) in [6.07, 6.45) is 3.53. The number of nitrogens with one attached hydrogen (secondary N) is 1. The first-order valence-corrected chi connectivity index (χ1v) is 7.29. The first-order chi connectivity index (χ1) is 9.06. The van der Waals surface area contributed by atoms with E-state index in [1.165, 1.54) is 0 Å². The second-order valence-electron chi connectivity index (χ2n) is 5.58. The molecule has 2 atom stereocenters. The molecule has 0 aromatic heterocycles. The molecule has 1 rings (SSSR count). The average molecular weight is 309 g/mol. The molecule has 1 aliphatic heterocycles. The zero-order valence-electron chi connectivity index (χ0n) is 12.7. The van der Waals surface area contributed by atoms with Crippen LogP contribution in [0, 0.1) is 5.92 Å². The summed E-state index contributed by atoms with van der Waals surface area (Å²) < 4.78 is 10.8. The second kappa shape index (κ2) is 10.4. The van der Waals surface area contributed by atoms with Gasteiger partial charge in [-0.25, -0.2) is 0 Å². The van der Waals surface area contributed by atoms with Crippen LogP contribution in [0.5, 0.6) is 0 Å². The molecule has 1 fully saturated rings.